The van der Waals surface area contributed by atoms with Gasteiger partial charge < -0.3 is 15.8 Å². The smallest absolute Gasteiger partial charge is 0.278 e. The highest BCUT2D eigenvalue weighted by molar-refractivity contribution is 7.96. The molecule has 0 aliphatic carbocycles. The number of carbonyl (C=O) groups is 2. The molecule has 0 radical (unpaired) electrons. The normalized spacial score (nSPS) is 10.1. The molecular weight excluding hydrogens is 212 g/mol. The number of ether oxygens (including phenoxy) is 1. The second-order valence-electron chi connectivity index (χ2n) is 1.73. The molecule has 13 heavy (non-hydrogen) atoms. The van der Waals surface area contributed by atoms with Crippen LogP contribution in [0, 0.1) is 0 Å². The van der Waals surface area contributed by atoms with Crippen LogP contribution in [0.25, 0.3) is 0 Å². The van der Waals surface area contributed by atoms with Gasteiger partial charge in [-0.15, -0.1) is 0 Å². The van der Waals surface area contributed by atoms with Crippen molar-refractivity contribution in [1.29, 1.82) is 0 Å². The standard InChI is InChI=1S/C5H9NO2S.CH3NOS/c1-3-8-4(2)6-5(7)9;2-1(3)4/h3-4H,1H2,2H3,(H2,6,7,9);(H3,2,3,4). The minimum Gasteiger partial charge on any atom is -0.479 e. The zero-order valence-electron chi connectivity index (χ0n) is 7.06. The summed E-state index contributed by atoms with van der Waals surface area (Å²) in [4.78, 5) is 19.3. The fourth-order valence-corrected chi connectivity index (χ4v) is 0.534. The van der Waals surface area contributed by atoms with E-state index in [4.69, 9.17) is 9.53 Å². The van der Waals surface area contributed by atoms with Crippen molar-refractivity contribution in [2.24, 2.45) is 5.73 Å². The van der Waals surface area contributed by atoms with Crippen molar-refractivity contribution in [2.45, 2.75) is 13.2 Å². The number of nitrogens with two attached hydrogens (primary N) is 1. The van der Waals surface area contributed by atoms with E-state index in [1.165, 1.54) is 6.26 Å². The van der Waals surface area contributed by atoms with Crippen molar-refractivity contribution in [2.75, 3.05) is 0 Å². The van der Waals surface area contributed by atoms with Crippen LogP contribution < -0.4 is 11.1 Å². The Kier molecular flexibility index (Phi) is 10.5. The van der Waals surface area contributed by atoms with Crippen LogP contribution in [0.4, 0.5) is 9.59 Å². The molecule has 1 atom stereocenters. The Morgan fingerprint density at radius 3 is 2.23 bits per heavy atom. The van der Waals surface area contributed by atoms with E-state index in [1.54, 1.807) is 6.92 Å². The average Bonchev–Trinajstić information content (AvgIpc) is 1.83. The van der Waals surface area contributed by atoms with Gasteiger partial charge in [0.25, 0.3) is 10.5 Å². The molecule has 0 aliphatic rings. The van der Waals surface area contributed by atoms with Crippen LogP contribution >= 0.6 is 25.3 Å². The summed E-state index contributed by atoms with van der Waals surface area (Å²) < 4.78 is 4.74. The lowest BCUT2D eigenvalue weighted by atomic mass is 10.7. The SMILES string of the molecule is C=COC(C)NC(=O)S.NC(=O)S. The molecule has 0 fully saturated rings. The molecule has 0 saturated heterocycles. The number of nitrogens with one attached hydrogen (secondary N) is 1. The predicted octanol–water partition coefficient (Wildman–Crippen LogP) is 1.13. The van der Waals surface area contributed by atoms with Crippen molar-refractivity contribution in [3.8, 4) is 0 Å². The summed E-state index contributed by atoms with van der Waals surface area (Å²) in [7, 11) is 0. The van der Waals surface area contributed by atoms with Gasteiger partial charge in [-0.25, -0.2) is 0 Å². The first kappa shape index (κ1) is 14.7. The molecule has 7 heteroatoms. The summed E-state index contributed by atoms with van der Waals surface area (Å²) in [5, 5.41) is 1.32. The maximum absolute atomic E-state index is 10.2. The summed E-state index contributed by atoms with van der Waals surface area (Å²) in [5.74, 6) is 0. The third-order valence-corrected chi connectivity index (χ3v) is 0.756. The van der Waals surface area contributed by atoms with Crippen LogP contribution in [0.1, 0.15) is 6.92 Å². The molecule has 0 aromatic carbocycles. The minimum atomic E-state index is -0.639. The van der Waals surface area contributed by atoms with Crippen molar-refractivity contribution < 1.29 is 14.3 Å². The number of thiol groups is 2. The van der Waals surface area contributed by atoms with Gasteiger partial charge in [0.15, 0.2) is 6.23 Å². The molecule has 0 spiro atoms. The highest BCUT2D eigenvalue weighted by Crippen LogP contribution is 1.86. The molecule has 0 rings (SSSR count). The molecular formula is C6H12N2O3S2. The fraction of sp³-hybridized carbons (Fsp3) is 0.333. The Morgan fingerprint density at radius 2 is 2.00 bits per heavy atom. The van der Waals surface area contributed by atoms with Crippen LogP contribution in [0.15, 0.2) is 12.8 Å². The van der Waals surface area contributed by atoms with Crippen molar-refractivity contribution in [3.05, 3.63) is 12.8 Å². The van der Waals surface area contributed by atoms with Crippen LogP contribution in [0.5, 0.6) is 0 Å². The van der Waals surface area contributed by atoms with E-state index in [0.29, 0.717) is 0 Å². The highest BCUT2D eigenvalue weighted by atomic mass is 32.1. The zero-order chi connectivity index (χ0) is 10.9. The quantitative estimate of drug-likeness (QED) is 0.329. The van der Waals surface area contributed by atoms with E-state index < -0.39 is 10.5 Å². The van der Waals surface area contributed by atoms with Crippen LogP contribution in [-0.4, -0.2) is 16.7 Å². The number of rotatable bonds is 3. The summed E-state index contributed by atoms with van der Waals surface area (Å²) in [6.07, 6.45) is 0.904. The highest BCUT2D eigenvalue weighted by Gasteiger charge is 1.99. The van der Waals surface area contributed by atoms with E-state index in [2.05, 4.69) is 42.9 Å². The lowest BCUT2D eigenvalue weighted by Crippen LogP contribution is -2.29. The van der Waals surface area contributed by atoms with Gasteiger partial charge in [0.2, 0.25) is 0 Å². The summed E-state index contributed by atoms with van der Waals surface area (Å²) >= 11 is 6.57. The molecule has 0 aliphatic heterocycles. The number of hydrogen-bond donors (Lipinski definition) is 4. The number of carbonyl (C=O) groups excluding carboxylic acids is 2. The first-order chi connectivity index (χ1) is 5.90. The largest absolute Gasteiger partial charge is 0.479 e. The summed E-state index contributed by atoms with van der Waals surface area (Å²) in [6, 6.07) is 0. The van der Waals surface area contributed by atoms with Crippen LogP contribution in [0.2, 0.25) is 0 Å². The van der Waals surface area contributed by atoms with Gasteiger partial charge in [-0.05, 0) is 6.92 Å². The first-order valence-corrected chi connectivity index (χ1v) is 4.03. The van der Waals surface area contributed by atoms with E-state index in [-0.39, 0.29) is 6.23 Å². The molecule has 0 heterocycles. The van der Waals surface area contributed by atoms with E-state index >= 15 is 0 Å². The molecule has 0 aromatic heterocycles. The summed E-state index contributed by atoms with van der Waals surface area (Å²) in [5.41, 5.74) is 4.34. The Bertz CT molecular complexity index is 183. The Morgan fingerprint density at radius 1 is 1.62 bits per heavy atom. The maximum atomic E-state index is 10.2. The predicted molar refractivity (Wildman–Crippen MR) is 56.8 cm³/mol. The van der Waals surface area contributed by atoms with E-state index in [9.17, 15) is 4.79 Å². The van der Waals surface area contributed by atoms with Gasteiger partial charge in [0, 0.05) is 0 Å². The fourth-order valence-electron chi connectivity index (χ4n) is 0.352. The summed E-state index contributed by atoms with van der Waals surface area (Å²) in [6.45, 7) is 4.99. The second-order valence-corrected chi connectivity index (χ2v) is 2.58. The lowest BCUT2D eigenvalue weighted by molar-refractivity contribution is 0.140. The zero-order valence-corrected chi connectivity index (χ0v) is 8.85. The van der Waals surface area contributed by atoms with E-state index in [0.717, 1.165) is 0 Å². The minimum absolute atomic E-state index is 0.354. The molecule has 0 aromatic rings. The number of amides is 2. The topological polar surface area (TPSA) is 81.4 Å². The van der Waals surface area contributed by atoms with Crippen LogP contribution in [0.3, 0.4) is 0 Å². The molecule has 0 saturated carbocycles. The molecule has 76 valence electrons. The van der Waals surface area contributed by atoms with Crippen molar-refractivity contribution >= 4 is 35.7 Å². The van der Waals surface area contributed by atoms with Gasteiger partial charge in [-0.2, -0.15) is 0 Å². The number of hydrogen-bond acceptors (Lipinski definition) is 3. The Balaban J connectivity index is 0. The maximum Gasteiger partial charge on any atom is 0.278 e. The van der Waals surface area contributed by atoms with Gasteiger partial charge in [0.05, 0.1) is 6.26 Å². The second kappa shape index (κ2) is 9.27. The lowest BCUT2D eigenvalue weighted by Gasteiger charge is -2.09. The first-order valence-electron chi connectivity index (χ1n) is 3.14. The average molecular weight is 224 g/mol. The molecule has 0 bridgehead atoms. The van der Waals surface area contributed by atoms with Gasteiger partial charge in [-0.3, -0.25) is 9.59 Å². The van der Waals surface area contributed by atoms with Gasteiger partial charge in [-0.1, -0.05) is 31.8 Å². The third-order valence-electron chi connectivity index (χ3n) is 0.627. The third kappa shape index (κ3) is 24.7. The monoisotopic (exact) mass is 224 g/mol. The van der Waals surface area contributed by atoms with Crippen LogP contribution in [-0.2, 0) is 4.74 Å². The number of primary amides is 1. The Labute approximate surface area is 87.5 Å². The molecule has 5 nitrogen and oxygen atoms in total. The van der Waals surface area contributed by atoms with Crippen molar-refractivity contribution in [3.63, 3.8) is 0 Å². The van der Waals surface area contributed by atoms with E-state index in [1.807, 2.05) is 0 Å². The molecule has 3 N–H and O–H groups in total. The molecule has 2 amide bonds. The van der Waals surface area contributed by atoms with Gasteiger partial charge >= 0.3 is 0 Å². The van der Waals surface area contributed by atoms with Crippen molar-refractivity contribution in [1.82, 2.24) is 5.32 Å². The molecule has 1 unspecified atom stereocenters. The Hall–Kier alpha value is -0.820. The van der Waals surface area contributed by atoms with Gasteiger partial charge in [0.1, 0.15) is 0 Å².